The highest BCUT2D eigenvalue weighted by Gasteiger charge is 2.30. The highest BCUT2D eigenvalue weighted by molar-refractivity contribution is 5.94. The van der Waals surface area contributed by atoms with E-state index in [2.05, 4.69) is 10.6 Å². The number of carbonyl (C=O) groups is 1. The number of nitro groups is 1. The van der Waals surface area contributed by atoms with Crippen LogP contribution in [-0.2, 0) is 6.18 Å². The fourth-order valence-electron chi connectivity index (χ4n) is 2.19. The number of nitro benzene ring substituents is 1. The van der Waals surface area contributed by atoms with Crippen LogP contribution in [-0.4, -0.2) is 23.9 Å². The molecule has 0 aliphatic rings. The summed E-state index contributed by atoms with van der Waals surface area (Å²) in [5, 5.41) is 25.1. The lowest BCUT2D eigenvalue weighted by atomic mass is 10.1. The Labute approximate surface area is 151 Å². The summed E-state index contributed by atoms with van der Waals surface area (Å²) in [6, 6.07) is 9.49. The van der Waals surface area contributed by atoms with Crippen LogP contribution in [0, 0.1) is 21.4 Å². The van der Waals surface area contributed by atoms with Gasteiger partial charge in [0.25, 0.3) is 11.6 Å². The van der Waals surface area contributed by atoms with Gasteiger partial charge in [-0.25, -0.2) is 0 Å². The van der Waals surface area contributed by atoms with E-state index in [4.69, 9.17) is 5.26 Å². The molecule has 0 saturated carbocycles. The number of anilines is 1. The molecule has 0 atom stereocenters. The van der Waals surface area contributed by atoms with Crippen LogP contribution in [0.15, 0.2) is 42.5 Å². The Hall–Kier alpha value is -3.61. The van der Waals surface area contributed by atoms with Gasteiger partial charge in [0.2, 0.25) is 0 Å². The molecule has 1 amide bonds. The zero-order valence-corrected chi connectivity index (χ0v) is 13.7. The van der Waals surface area contributed by atoms with Crippen molar-refractivity contribution in [3.63, 3.8) is 0 Å². The van der Waals surface area contributed by atoms with Gasteiger partial charge in [-0.15, -0.1) is 0 Å². The number of amides is 1. The lowest BCUT2D eigenvalue weighted by Gasteiger charge is -2.10. The van der Waals surface area contributed by atoms with Crippen LogP contribution in [0.5, 0.6) is 0 Å². The second-order valence-corrected chi connectivity index (χ2v) is 5.36. The molecule has 0 spiro atoms. The van der Waals surface area contributed by atoms with E-state index < -0.39 is 22.6 Å². The molecule has 2 N–H and O–H groups in total. The summed E-state index contributed by atoms with van der Waals surface area (Å²) in [6.45, 7) is 0.218. The van der Waals surface area contributed by atoms with Gasteiger partial charge in [-0.3, -0.25) is 14.9 Å². The minimum atomic E-state index is -4.48. The van der Waals surface area contributed by atoms with Crippen LogP contribution >= 0.6 is 0 Å². The molecule has 0 unspecified atom stereocenters. The Morgan fingerprint density at radius 3 is 2.37 bits per heavy atom. The normalized spacial score (nSPS) is 10.7. The van der Waals surface area contributed by atoms with Crippen molar-refractivity contribution in [2.45, 2.75) is 6.18 Å². The molecule has 0 aliphatic heterocycles. The predicted molar refractivity (Wildman–Crippen MR) is 90.1 cm³/mol. The molecule has 0 fully saturated rings. The summed E-state index contributed by atoms with van der Waals surface area (Å²) in [6.07, 6.45) is -4.48. The Morgan fingerprint density at radius 2 is 1.81 bits per heavy atom. The highest BCUT2D eigenvalue weighted by Crippen LogP contribution is 2.29. The first-order chi connectivity index (χ1) is 12.7. The molecule has 0 saturated heterocycles. The van der Waals surface area contributed by atoms with Crippen LogP contribution in [0.25, 0.3) is 0 Å². The van der Waals surface area contributed by atoms with Crippen molar-refractivity contribution in [3.8, 4) is 6.07 Å². The van der Waals surface area contributed by atoms with Crippen molar-refractivity contribution in [3.05, 3.63) is 69.3 Å². The Kier molecular flexibility index (Phi) is 5.97. The fraction of sp³-hybridized carbons (Fsp3) is 0.176. The molecule has 7 nitrogen and oxygen atoms in total. The Balaban J connectivity index is 1.91. The lowest BCUT2D eigenvalue weighted by Crippen LogP contribution is -2.28. The number of nitrogens with one attached hydrogen (secondary N) is 2. The van der Waals surface area contributed by atoms with Gasteiger partial charge in [-0.05, 0) is 36.4 Å². The average Bonchev–Trinajstić information content (AvgIpc) is 2.64. The van der Waals surface area contributed by atoms with Crippen molar-refractivity contribution in [2.75, 3.05) is 18.4 Å². The maximum atomic E-state index is 12.5. The van der Waals surface area contributed by atoms with Gasteiger partial charge in [-0.2, -0.15) is 18.4 Å². The number of nitrogens with zero attached hydrogens (tertiary/aromatic N) is 2. The topological polar surface area (TPSA) is 108 Å². The number of carbonyl (C=O) groups excluding carboxylic acids is 1. The number of halogens is 3. The summed E-state index contributed by atoms with van der Waals surface area (Å²) in [5.74, 6) is -0.570. The largest absolute Gasteiger partial charge is 0.416 e. The van der Waals surface area contributed by atoms with Crippen molar-refractivity contribution in [2.24, 2.45) is 0 Å². The van der Waals surface area contributed by atoms with E-state index in [1.807, 2.05) is 0 Å². The van der Waals surface area contributed by atoms with Crippen LogP contribution in [0.4, 0.5) is 24.5 Å². The number of nitriles is 1. The van der Waals surface area contributed by atoms with Crippen molar-refractivity contribution < 1.29 is 22.9 Å². The van der Waals surface area contributed by atoms with Gasteiger partial charge in [0, 0.05) is 24.7 Å². The summed E-state index contributed by atoms with van der Waals surface area (Å²) in [4.78, 5) is 22.3. The molecule has 2 aromatic rings. The highest BCUT2D eigenvalue weighted by atomic mass is 19.4. The molecule has 2 rings (SSSR count). The molecule has 10 heteroatoms. The smallest absolute Gasteiger partial charge is 0.378 e. The van der Waals surface area contributed by atoms with E-state index >= 15 is 0 Å². The molecule has 0 aromatic heterocycles. The quantitative estimate of drug-likeness (QED) is 0.455. The van der Waals surface area contributed by atoms with Crippen LogP contribution in [0.3, 0.4) is 0 Å². The van der Waals surface area contributed by atoms with E-state index in [1.54, 1.807) is 6.07 Å². The third-order valence-electron chi connectivity index (χ3n) is 3.52. The zero-order chi connectivity index (χ0) is 20.0. The summed E-state index contributed by atoms with van der Waals surface area (Å²) >= 11 is 0. The first-order valence-electron chi connectivity index (χ1n) is 7.60. The predicted octanol–water partition coefficient (Wildman–Crippen LogP) is 3.33. The second kappa shape index (κ2) is 8.18. The van der Waals surface area contributed by atoms with E-state index in [0.717, 1.165) is 30.3 Å². The number of benzene rings is 2. The van der Waals surface area contributed by atoms with Gasteiger partial charge in [0.15, 0.2) is 0 Å². The third-order valence-corrected chi connectivity index (χ3v) is 3.52. The number of alkyl halides is 3. The van der Waals surface area contributed by atoms with Crippen LogP contribution < -0.4 is 10.6 Å². The molecule has 0 aliphatic carbocycles. The second-order valence-electron chi connectivity index (χ2n) is 5.36. The van der Waals surface area contributed by atoms with Gasteiger partial charge < -0.3 is 10.6 Å². The summed E-state index contributed by atoms with van der Waals surface area (Å²) in [7, 11) is 0. The third kappa shape index (κ3) is 5.18. The molecule has 140 valence electrons. The first kappa shape index (κ1) is 19.7. The maximum absolute atomic E-state index is 12.5. The Bertz CT molecular complexity index is 890. The molecule has 2 aromatic carbocycles. The minimum absolute atomic E-state index is 0.0624. The van der Waals surface area contributed by atoms with Crippen LogP contribution in [0.2, 0.25) is 0 Å². The number of rotatable bonds is 6. The minimum Gasteiger partial charge on any atom is -0.378 e. The SMILES string of the molecule is N#Cc1ccc(NCCNC(=O)c2ccc(C(F)(F)F)cc2)c([N+](=O)[O-])c1. The van der Waals surface area contributed by atoms with Crippen molar-refractivity contribution in [1.29, 1.82) is 5.26 Å². The molecule has 0 heterocycles. The number of hydrogen-bond acceptors (Lipinski definition) is 5. The van der Waals surface area contributed by atoms with E-state index in [-0.39, 0.29) is 35.6 Å². The van der Waals surface area contributed by atoms with Crippen molar-refractivity contribution >= 4 is 17.3 Å². The summed E-state index contributed by atoms with van der Waals surface area (Å²) in [5.41, 5.74) is -0.741. The molecular weight excluding hydrogens is 365 g/mol. The first-order valence-corrected chi connectivity index (χ1v) is 7.60. The molecular formula is C17H13F3N4O3. The van der Waals surface area contributed by atoms with Gasteiger partial charge in [0.05, 0.1) is 22.1 Å². The van der Waals surface area contributed by atoms with E-state index in [1.165, 1.54) is 12.1 Å². The van der Waals surface area contributed by atoms with Gasteiger partial charge >= 0.3 is 6.18 Å². The average molecular weight is 378 g/mol. The number of hydrogen-bond donors (Lipinski definition) is 2. The maximum Gasteiger partial charge on any atom is 0.416 e. The fourth-order valence-corrected chi connectivity index (χ4v) is 2.19. The van der Waals surface area contributed by atoms with Gasteiger partial charge in [0.1, 0.15) is 5.69 Å². The van der Waals surface area contributed by atoms with Crippen LogP contribution in [0.1, 0.15) is 21.5 Å². The van der Waals surface area contributed by atoms with Gasteiger partial charge in [-0.1, -0.05) is 0 Å². The molecule has 27 heavy (non-hydrogen) atoms. The lowest BCUT2D eigenvalue weighted by molar-refractivity contribution is -0.384. The van der Waals surface area contributed by atoms with E-state index in [0.29, 0.717) is 0 Å². The molecule has 0 radical (unpaired) electrons. The Morgan fingerprint density at radius 1 is 1.15 bits per heavy atom. The standard InChI is InChI=1S/C17H13F3N4O3/c18-17(19,20)13-4-2-12(3-5-13)16(25)23-8-7-22-14-6-1-11(10-21)9-15(14)24(26)27/h1-6,9,22H,7-8H2,(H,23,25). The van der Waals surface area contributed by atoms with E-state index in [9.17, 15) is 28.1 Å². The summed E-state index contributed by atoms with van der Waals surface area (Å²) < 4.78 is 37.5. The molecule has 0 bridgehead atoms. The van der Waals surface area contributed by atoms with Crippen molar-refractivity contribution in [1.82, 2.24) is 5.32 Å². The zero-order valence-electron chi connectivity index (χ0n) is 13.7. The monoisotopic (exact) mass is 378 g/mol.